The van der Waals surface area contributed by atoms with Crippen molar-refractivity contribution in [2.75, 3.05) is 32.8 Å². The van der Waals surface area contributed by atoms with Crippen molar-refractivity contribution in [3.05, 3.63) is 54.1 Å². The van der Waals surface area contributed by atoms with Crippen LogP contribution in [0.4, 0.5) is 0 Å². The van der Waals surface area contributed by atoms with Gasteiger partial charge >= 0.3 is 0 Å². The lowest BCUT2D eigenvalue weighted by atomic mass is 9.89. The molecule has 3 heterocycles. The molecule has 1 aromatic carbocycles. The van der Waals surface area contributed by atoms with Gasteiger partial charge in [-0.3, -0.25) is 4.99 Å². The van der Waals surface area contributed by atoms with E-state index in [-0.39, 0.29) is 30.1 Å². The molecule has 2 aliphatic rings. The predicted octanol–water partition coefficient (Wildman–Crippen LogP) is 4.83. The highest BCUT2D eigenvalue weighted by atomic mass is 127. The van der Waals surface area contributed by atoms with Gasteiger partial charge in [-0.15, -0.1) is 24.0 Å². The Hall–Kier alpha value is -1.61. The van der Waals surface area contributed by atoms with Gasteiger partial charge in [-0.2, -0.15) is 0 Å². The summed E-state index contributed by atoms with van der Waals surface area (Å²) in [5.74, 6) is 2.08. The van der Waals surface area contributed by atoms with E-state index in [4.69, 9.17) is 9.73 Å². The minimum atomic E-state index is 0. The summed E-state index contributed by atoms with van der Waals surface area (Å²) in [5.41, 5.74) is 2.57. The molecule has 6 nitrogen and oxygen atoms in total. The quantitative estimate of drug-likeness (QED) is 0.329. The van der Waals surface area contributed by atoms with Crippen LogP contribution in [0.5, 0.6) is 0 Å². The van der Waals surface area contributed by atoms with Crippen molar-refractivity contribution in [2.24, 2.45) is 16.8 Å². The third kappa shape index (κ3) is 6.04. The standard InChI is InChI=1S/C25H37N5O.HI/c1-4-27-25(29-13-11-20(3)23(17-29)30-14-12-26-18-30)28-16-22-6-5-15-31-24(22)21-9-7-19(2)8-10-21;/h7-10,12,14,18,20,22-24H,4-6,11,13,15-17H2,1-3H3,(H,27,28);1H. The fourth-order valence-corrected chi connectivity index (χ4v) is 4.88. The average molecular weight is 552 g/mol. The number of likely N-dealkylation sites (tertiary alicyclic amines) is 1. The highest BCUT2D eigenvalue weighted by Crippen LogP contribution is 2.34. The van der Waals surface area contributed by atoms with Crippen molar-refractivity contribution < 1.29 is 4.74 Å². The summed E-state index contributed by atoms with van der Waals surface area (Å²) in [7, 11) is 0. The minimum absolute atomic E-state index is 0. The number of hydrogen-bond donors (Lipinski definition) is 1. The van der Waals surface area contributed by atoms with E-state index in [1.807, 2.05) is 12.5 Å². The molecule has 4 rings (SSSR count). The number of nitrogens with one attached hydrogen (secondary N) is 1. The Morgan fingerprint density at radius 3 is 2.78 bits per heavy atom. The molecule has 32 heavy (non-hydrogen) atoms. The maximum absolute atomic E-state index is 6.22. The number of rotatable bonds is 5. The summed E-state index contributed by atoms with van der Waals surface area (Å²) in [6.45, 7) is 11.1. The summed E-state index contributed by atoms with van der Waals surface area (Å²) >= 11 is 0. The molecule has 2 aliphatic heterocycles. The number of piperidine rings is 1. The Labute approximate surface area is 209 Å². The van der Waals surface area contributed by atoms with E-state index in [9.17, 15) is 0 Å². The van der Waals surface area contributed by atoms with E-state index < -0.39 is 0 Å². The van der Waals surface area contributed by atoms with Gasteiger partial charge in [0, 0.05) is 51.1 Å². The molecule has 176 valence electrons. The predicted molar refractivity (Wildman–Crippen MR) is 141 cm³/mol. The van der Waals surface area contributed by atoms with Crippen LogP contribution in [-0.2, 0) is 4.74 Å². The Morgan fingerprint density at radius 2 is 2.06 bits per heavy atom. The lowest BCUT2D eigenvalue weighted by Crippen LogP contribution is -2.49. The normalized spacial score (nSPS) is 26.5. The molecule has 4 unspecified atom stereocenters. The first kappa shape index (κ1) is 25.0. The highest BCUT2D eigenvalue weighted by molar-refractivity contribution is 14.0. The van der Waals surface area contributed by atoms with E-state index in [1.165, 1.54) is 11.1 Å². The monoisotopic (exact) mass is 551 g/mol. The number of imidazole rings is 1. The molecule has 2 aromatic rings. The lowest BCUT2D eigenvalue weighted by Gasteiger charge is -2.39. The number of halogens is 1. The van der Waals surface area contributed by atoms with Gasteiger partial charge < -0.3 is 19.5 Å². The molecule has 1 N–H and O–H groups in total. The first-order chi connectivity index (χ1) is 15.2. The second-order valence-corrected chi connectivity index (χ2v) is 9.09. The molecule has 4 atom stereocenters. The van der Waals surface area contributed by atoms with Crippen LogP contribution in [-0.4, -0.2) is 53.2 Å². The van der Waals surface area contributed by atoms with Gasteiger partial charge in [0.15, 0.2) is 5.96 Å². The fraction of sp³-hybridized carbons (Fsp3) is 0.600. The molecule has 0 radical (unpaired) electrons. The molecular weight excluding hydrogens is 513 g/mol. The van der Waals surface area contributed by atoms with Crippen LogP contribution in [0.1, 0.15) is 56.4 Å². The van der Waals surface area contributed by atoms with Gasteiger partial charge in [0.1, 0.15) is 0 Å². The van der Waals surface area contributed by atoms with E-state index in [2.05, 4.69) is 71.0 Å². The zero-order valence-corrected chi connectivity index (χ0v) is 21.9. The van der Waals surface area contributed by atoms with Gasteiger partial charge in [0.25, 0.3) is 0 Å². The minimum Gasteiger partial charge on any atom is -0.373 e. The van der Waals surface area contributed by atoms with Gasteiger partial charge in [-0.1, -0.05) is 36.8 Å². The van der Waals surface area contributed by atoms with Crippen LogP contribution in [0.15, 0.2) is 48.0 Å². The maximum Gasteiger partial charge on any atom is 0.193 e. The van der Waals surface area contributed by atoms with Crippen molar-refractivity contribution in [3.63, 3.8) is 0 Å². The molecule has 0 amide bonds. The van der Waals surface area contributed by atoms with Crippen LogP contribution in [0, 0.1) is 18.8 Å². The third-order valence-electron chi connectivity index (χ3n) is 6.79. The number of benzene rings is 1. The van der Waals surface area contributed by atoms with Crippen LogP contribution in [0.25, 0.3) is 0 Å². The third-order valence-corrected chi connectivity index (χ3v) is 6.79. The van der Waals surface area contributed by atoms with E-state index in [0.717, 1.165) is 58.0 Å². The number of aromatic nitrogens is 2. The van der Waals surface area contributed by atoms with Gasteiger partial charge in [-0.25, -0.2) is 4.98 Å². The first-order valence-corrected chi connectivity index (χ1v) is 11.8. The molecule has 0 spiro atoms. The Bertz CT molecular complexity index is 839. The molecule has 1 aromatic heterocycles. The Balaban J connectivity index is 0.00000289. The Kier molecular flexibility index (Phi) is 9.40. The fourth-order valence-electron chi connectivity index (χ4n) is 4.88. The van der Waals surface area contributed by atoms with Crippen LogP contribution in [0.2, 0.25) is 0 Å². The number of hydrogen-bond acceptors (Lipinski definition) is 3. The van der Waals surface area contributed by atoms with Crippen molar-refractivity contribution in [1.82, 2.24) is 19.8 Å². The summed E-state index contributed by atoms with van der Waals surface area (Å²) in [6.07, 6.45) is 9.48. The molecule has 2 fully saturated rings. The van der Waals surface area contributed by atoms with Crippen molar-refractivity contribution in [1.29, 1.82) is 0 Å². The number of aliphatic imine (C=N–C) groups is 1. The van der Waals surface area contributed by atoms with E-state index in [0.29, 0.717) is 17.9 Å². The lowest BCUT2D eigenvalue weighted by molar-refractivity contribution is -0.0251. The van der Waals surface area contributed by atoms with Crippen molar-refractivity contribution in [3.8, 4) is 0 Å². The van der Waals surface area contributed by atoms with Crippen LogP contribution < -0.4 is 5.32 Å². The summed E-state index contributed by atoms with van der Waals surface area (Å²) < 4.78 is 8.47. The van der Waals surface area contributed by atoms with Crippen molar-refractivity contribution >= 4 is 29.9 Å². The number of nitrogens with zero attached hydrogens (tertiary/aromatic N) is 4. The smallest absolute Gasteiger partial charge is 0.193 e. The molecular formula is C25H38IN5O. The number of guanidine groups is 1. The number of ether oxygens (including phenoxy) is 1. The van der Waals surface area contributed by atoms with Crippen LogP contribution >= 0.6 is 24.0 Å². The van der Waals surface area contributed by atoms with Gasteiger partial charge in [0.2, 0.25) is 0 Å². The second-order valence-electron chi connectivity index (χ2n) is 9.09. The molecule has 0 aliphatic carbocycles. The zero-order chi connectivity index (χ0) is 21.6. The molecule has 2 saturated heterocycles. The van der Waals surface area contributed by atoms with Crippen LogP contribution in [0.3, 0.4) is 0 Å². The first-order valence-electron chi connectivity index (χ1n) is 11.8. The molecule has 7 heteroatoms. The highest BCUT2D eigenvalue weighted by Gasteiger charge is 2.30. The summed E-state index contributed by atoms with van der Waals surface area (Å²) in [4.78, 5) is 11.8. The number of aryl methyl sites for hydroxylation is 1. The van der Waals surface area contributed by atoms with E-state index in [1.54, 1.807) is 0 Å². The largest absolute Gasteiger partial charge is 0.373 e. The zero-order valence-electron chi connectivity index (χ0n) is 19.6. The topological polar surface area (TPSA) is 54.7 Å². The summed E-state index contributed by atoms with van der Waals surface area (Å²) in [5, 5.41) is 3.54. The summed E-state index contributed by atoms with van der Waals surface area (Å²) in [6, 6.07) is 9.23. The van der Waals surface area contributed by atoms with Gasteiger partial charge in [-0.05, 0) is 44.6 Å². The Morgan fingerprint density at radius 1 is 1.25 bits per heavy atom. The second kappa shape index (κ2) is 12.0. The maximum atomic E-state index is 6.22. The van der Waals surface area contributed by atoms with E-state index >= 15 is 0 Å². The average Bonchev–Trinajstić information content (AvgIpc) is 3.33. The SMILES string of the molecule is CCNC(=NCC1CCCOC1c1ccc(C)cc1)N1CCC(C)C(n2ccnc2)C1.I. The molecule has 0 bridgehead atoms. The molecule has 0 saturated carbocycles. The van der Waals surface area contributed by atoms with Crippen molar-refractivity contribution in [2.45, 2.75) is 52.2 Å². The van der Waals surface area contributed by atoms with Gasteiger partial charge in [0.05, 0.1) is 18.5 Å².